The molecule has 2 rings (SSSR count). The van der Waals surface area contributed by atoms with Gasteiger partial charge in [-0.25, -0.2) is 4.79 Å². The van der Waals surface area contributed by atoms with Crippen LogP contribution in [0.25, 0.3) is 0 Å². The Bertz CT molecular complexity index is 183. The second kappa shape index (κ2) is 3.99. The van der Waals surface area contributed by atoms with Crippen LogP contribution in [0.3, 0.4) is 0 Å². The molecule has 2 aliphatic rings. The van der Waals surface area contributed by atoms with Crippen LogP contribution in [0.15, 0.2) is 0 Å². The molecule has 2 fully saturated rings. The van der Waals surface area contributed by atoms with Crippen molar-refractivity contribution in [2.24, 2.45) is 0 Å². The Morgan fingerprint density at radius 3 is 2.38 bits per heavy atom. The Kier molecular flexibility index (Phi) is 2.71. The summed E-state index contributed by atoms with van der Waals surface area (Å²) in [6.07, 6.45) is 8.19. The van der Waals surface area contributed by atoms with Crippen LogP contribution >= 0.6 is 0 Å². The minimum Gasteiger partial charge on any atom is -0.446 e. The molecule has 0 atom stereocenters. The Morgan fingerprint density at radius 2 is 1.77 bits per heavy atom. The molecule has 1 amide bonds. The Morgan fingerprint density at radius 1 is 1.08 bits per heavy atom. The first-order valence-corrected chi connectivity index (χ1v) is 5.32. The lowest BCUT2D eigenvalue weighted by Crippen LogP contribution is -2.36. The molecule has 1 N–H and O–H groups in total. The van der Waals surface area contributed by atoms with Crippen molar-refractivity contribution in [1.29, 1.82) is 0 Å². The predicted molar refractivity (Wildman–Crippen MR) is 49.5 cm³/mol. The fourth-order valence-corrected chi connectivity index (χ4v) is 1.78. The van der Waals surface area contributed by atoms with Gasteiger partial charge < -0.3 is 10.1 Å². The van der Waals surface area contributed by atoms with Gasteiger partial charge in [-0.05, 0) is 25.7 Å². The number of nitrogens with one attached hydrogen (secondary N) is 1. The lowest BCUT2D eigenvalue weighted by Gasteiger charge is -2.22. The van der Waals surface area contributed by atoms with E-state index in [-0.39, 0.29) is 12.2 Å². The summed E-state index contributed by atoms with van der Waals surface area (Å²) in [6.45, 7) is 0. The zero-order valence-electron chi connectivity index (χ0n) is 7.92. The van der Waals surface area contributed by atoms with Gasteiger partial charge in [0.15, 0.2) is 0 Å². The molecule has 0 saturated heterocycles. The van der Waals surface area contributed by atoms with Gasteiger partial charge in [-0.3, -0.25) is 0 Å². The quantitative estimate of drug-likeness (QED) is 0.712. The van der Waals surface area contributed by atoms with Crippen molar-refractivity contribution >= 4 is 6.09 Å². The average molecular weight is 183 g/mol. The summed E-state index contributed by atoms with van der Waals surface area (Å²) in [5, 5.41) is 2.93. The van der Waals surface area contributed by atoms with E-state index < -0.39 is 0 Å². The first kappa shape index (κ1) is 8.85. The highest BCUT2D eigenvalue weighted by molar-refractivity contribution is 5.68. The molecular weight excluding hydrogens is 166 g/mol. The monoisotopic (exact) mass is 183 g/mol. The van der Waals surface area contributed by atoms with Gasteiger partial charge in [-0.15, -0.1) is 0 Å². The van der Waals surface area contributed by atoms with Crippen molar-refractivity contribution in [2.45, 2.75) is 57.1 Å². The van der Waals surface area contributed by atoms with Gasteiger partial charge in [0.25, 0.3) is 0 Å². The van der Waals surface area contributed by atoms with Crippen LogP contribution < -0.4 is 5.32 Å². The summed E-state index contributed by atoms with van der Waals surface area (Å²) in [7, 11) is 0. The normalized spacial score (nSPS) is 24.0. The van der Waals surface area contributed by atoms with Gasteiger partial charge >= 0.3 is 6.09 Å². The molecule has 3 nitrogen and oxygen atoms in total. The summed E-state index contributed by atoms with van der Waals surface area (Å²) in [6, 6.07) is 0.375. The summed E-state index contributed by atoms with van der Waals surface area (Å²) in [5.74, 6) is 0. The molecule has 3 heteroatoms. The molecule has 0 aromatic carbocycles. The Balaban J connectivity index is 1.66. The van der Waals surface area contributed by atoms with Gasteiger partial charge in [0.1, 0.15) is 6.10 Å². The molecule has 0 aliphatic heterocycles. The van der Waals surface area contributed by atoms with Crippen molar-refractivity contribution in [3.63, 3.8) is 0 Å². The van der Waals surface area contributed by atoms with E-state index >= 15 is 0 Å². The molecule has 13 heavy (non-hydrogen) atoms. The average Bonchev–Trinajstić information content (AvgIpc) is 2.90. The van der Waals surface area contributed by atoms with E-state index in [0.717, 1.165) is 25.7 Å². The zero-order valence-corrected chi connectivity index (χ0v) is 7.92. The van der Waals surface area contributed by atoms with Gasteiger partial charge in [0.2, 0.25) is 0 Å². The molecule has 2 saturated carbocycles. The second-order valence-corrected chi connectivity index (χ2v) is 4.08. The first-order valence-electron chi connectivity index (χ1n) is 5.32. The van der Waals surface area contributed by atoms with Crippen molar-refractivity contribution in [3.8, 4) is 0 Å². The van der Waals surface area contributed by atoms with Crippen LogP contribution in [0.5, 0.6) is 0 Å². The number of carbonyl (C=O) groups excluding carboxylic acids is 1. The lowest BCUT2D eigenvalue weighted by molar-refractivity contribution is 0.132. The highest BCUT2D eigenvalue weighted by Crippen LogP contribution is 2.24. The molecule has 74 valence electrons. The molecule has 2 aliphatic carbocycles. The van der Waals surface area contributed by atoms with Crippen molar-refractivity contribution < 1.29 is 9.53 Å². The highest BCUT2D eigenvalue weighted by atomic mass is 16.6. The minimum absolute atomic E-state index is 0.200. The predicted octanol–water partition coefficient (Wildman–Crippen LogP) is 2.21. The number of hydrogen-bond donors (Lipinski definition) is 1. The largest absolute Gasteiger partial charge is 0.446 e. The fourth-order valence-electron chi connectivity index (χ4n) is 1.78. The zero-order chi connectivity index (χ0) is 9.10. The maximum absolute atomic E-state index is 11.2. The van der Waals surface area contributed by atoms with Crippen LogP contribution in [0.2, 0.25) is 0 Å². The maximum atomic E-state index is 11.2. The standard InChI is InChI=1S/C10H17NO2/c12-10(13-9-6-7-9)11-8-4-2-1-3-5-8/h8-9H,1-7H2,(H,11,12). The summed E-state index contributed by atoms with van der Waals surface area (Å²) in [4.78, 5) is 11.2. The van der Waals surface area contributed by atoms with Gasteiger partial charge in [-0.2, -0.15) is 0 Å². The first-order chi connectivity index (χ1) is 6.34. The number of rotatable bonds is 2. The SMILES string of the molecule is O=C(NC1CCCCC1)OC1CC1. The summed E-state index contributed by atoms with van der Waals surface area (Å²) < 4.78 is 5.11. The van der Waals surface area contributed by atoms with Crippen molar-refractivity contribution in [1.82, 2.24) is 5.32 Å². The van der Waals surface area contributed by atoms with Crippen LogP contribution in [0.4, 0.5) is 4.79 Å². The third kappa shape index (κ3) is 2.90. The molecule has 0 heterocycles. The number of alkyl carbamates (subject to hydrolysis) is 1. The van der Waals surface area contributed by atoms with E-state index in [2.05, 4.69) is 5.32 Å². The summed E-state index contributed by atoms with van der Waals surface area (Å²) >= 11 is 0. The molecule has 0 radical (unpaired) electrons. The topological polar surface area (TPSA) is 38.3 Å². The molecule has 0 aromatic rings. The highest BCUT2D eigenvalue weighted by Gasteiger charge is 2.27. The number of hydrogen-bond acceptors (Lipinski definition) is 2. The smallest absolute Gasteiger partial charge is 0.407 e. The van der Waals surface area contributed by atoms with E-state index in [1.165, 1.54) is 19.3 Å². The molecular formula is C10H17NO2. The van der Waals surface area contributed by atoms with E-state index in [0.29, 0.717) is 6.04 Å². The van der Waals surface area contributed by atoms with E-state index in [1.807, 2.05) is 0 Å². The molecule has 0 aromatic heterocycles. The minimum atomic E-state index is -0.200. The van der Waals surface area contributed by atoms with E-state index in [1.54, 1.807) is 0 Å². The Hall–Kier alpha value is -0.730. The Labute approximate surface area is 78.8 Å². The van der Waals surface area contributed by atoms with Crippen LogP contribution in [-0.4, -0.2) is 18.2 Å². The molecule has 0 bridgehead atoms. The van der Waals surface area contributed by atoms with E-state index in [4.69, 9.17) is 4.74 Å². The molecule has 0 unspecified atom stereocenters. The molecule has 0 spiro atoms. The van der Waals surface area contributed by atoms with Crippen LogP contribution in [-0.2, 0) is 4.74 Å². The van der Waals surface area contributed by atoms with Crippen molar-refractivity contribution in [2.75, 3.05) is 0 Å². The van der Waals surface area contributed by atoms with Gasteiger partial charge in [0.05, 0.1) is 0 Å². The van der Waals surface area contributed by atoms with E-state index in [9.17, 15) is 4.79 Å². The number of ether oxygens (including phenoxy) is 1. The van der Waals surface area contributed by atoms with Gasteiger partial charge in [-0.1, -0.05) is 19.3 Å². The van der Waals surface area contributed by atoms with Gasteiger partial charge in [0, 0.05) is 6.04 Å². The number of amides is 1. The number of carbonyl (C=O) groups is 1. The maximum Gasteiger partial charge on any atom is 0.407 e. The lowest BCUT2D eigenvalue weighted by atomic mass is 9.96. The van der Waals surface area contributed by atoms with Crippen LogP contribution in [0.1, 0.15) is 44.9 Å². The summed E-state index contributed by atoms with van der Waals surface area (Å²) in [5.41, 5.74) is 0. The van der Waals surface area contributed by atoms with Crippen molar-refractivity contribution in [3.05, 3.63) is 0 Å². The fraction of sp³-hybridized carbons (Fsp3) is 0.900. The third-order valence-corrected chi connectivity index (χ3v) is 2.73. The second-order valence-electron chi connectivity index (χ2n) is 4.08. The third-order valence-electron chi connectivity index (χ3n) is 2.73. The van der Waals surface area contributed by atoms with Crippen LogP contribution in [0, 0.1) is 0 Å².